The van der Waals surface area contributed by atoms with Gasteiger partial charge in [0.15, 0.2) is 0 Å². The summed E-state index contributed by atoms with van der Waals surface area (Å²) in [6.07, 6.45) is 5.46. The molecule has 6 nitrogen and oxygen atoms in total. The molecule has 0 spiro atoms. The van der Waals surface area contributed by atoms with Crippen LogP contribution in [0.2, 0.25) is 0 Å². The van der Waals surface area contributed by atoms with Gasteiger partial charge in [0, 0.05) is 30.8 Å². The lowest BCUT2D eigenvalue weighted by atomic mass is 9.84. The van der Waals surface area contributed by atoms with Crippen LogP contribution in [0.15, 0.2) is 30.5 Å². The minimum absolute atomic E-state index is 0.0526. The molecule has 0 bridgehead atoms. The highest BCUT2D eigenvalue weighted by Crippen LogP contribution is 2.28. The van der Waals surface area contributed by atoms with Crippen LogP contribution in [0.4, 0.5) is 10.1 Å². The van der Waals surface area contributed by atoms with Crippen LogP contribution in [0.1, 0.15) is 64.9 Å². The lowest BCUT2D eigenvalue weighted by Gasteiger charge is -2.24. The fourth-order valence-electron chi connectivity index (χ4n) is 3.68. The van der Waals surface area contributed by atoms with Crippen LogP contribution < -0.4 is 5.32 Å². The number of terminal acetylenes is 1. The number of aryl methyl sites for hydroxylation is 1. The van der Waals surface area contributed by atoms with Crippen molar-refractivity contribution >= 4 is 23.2 Å². The summed E-state index contributed by atoms with van der Waals surface area (Å²) in [6, 6.07) is 4.24. The largest absolute Gasteiger partial charge is 0.497 e. The molecule has 0 saturated carbocycles. The van der Waals surface area contributed by atoms with Gasteiger partial charge in [0.25, 0.3) is 5.91 Å². The maximum absolute atomic E-state index is 13.6. The summed E-state index contributed by atoms with van der Waals surface area (Å²) in [6.45, 7) is 14.3. The van der Waals surface area contributed by atoms with Crippen LogP contribution in [-0.2, 0) is 16.6 Å². The summed E-state index contributed by atoms with van der Waals surface area (Å²) >= 11 is 0. The average Bonchev–Trinajstić information content (AvgIpc) is 3.01. The Bertz CT molecular complexity index is 1230. The summed E-state index contributed by atoms with van der Waals surface area (Å²) in [5, 5.41) is 2.73. The quantitative estimate of drug-likeness (QED) is 0.216. The number of amides is 1. The molecule has 1 heterocycles. The second-order valence-electron chi connectivity index (χ2n) is 9.45. The highest BCUT2D eigenvalue weighted by atomic mass is 19.1. The maximum atomic E-state index is 13.6. The Morgan fingerprint density at radius 1 is 1.26 bits per heavy atom. The van der Waals surface area contributed by atoms with Crippen molar-refractivity contribution in [3.8, 4) is 12.3 Å². The number of ketones is 2. The number of benzene rings is 1. The van der Waals surface area contributed by atoms with Crippen LogP contribution in [0, 0.1) is 50.3 Å². The zero-order valence-electron chi connectivity index (χ0n) is 21.5. The lowest BCUT2D eigenvalue weighted by molar-refractivity contribution is -0.117. The average molecular weight is 481 g/mol. The molecule has 2 rings (SSSR count). The molecule has 1 N–H and O–H groups in total. The van der Waals surface area contributed by atoms with Crippen molar-refractivity contribution in [2.75, 3.05) is 11.9 Å². The smallest absolute Gasteiger partial charge is 0.272 e. The van der Waals surface area contributed by atoms with Crippen molar-refractivity contribution in [1.29, 1.82) is 0 Å². The van der Waals surface area contributed by atoms with Crippen molar-refractivity contribution in [3.63, 3.8) is 0 Å². The van der Waals surface area contributed by atoms with Gasteiger partial charge >= 0.3 is 0 Å². The van der Waals surface area contributed by atoms with E-state index in [0.29, 0.717) is 28.3 Å². The molecule has 35 heavy (non-hydrogen) atoms. The molecule has 7 heteroatoms. The van der Waals surface area contributed by atoms with Gasteiger partial charge < -0.3 is 14.6 Å². The molecular formula is C28H33FN2O4. The van der Waals surface area contributed by atoms with Crippen molar-refractivity contribution in [3.05, 3.63) is 64.4 Å². The van der Waals surface area contributed by atoms with Crippen LogP contribution >= 0.6 is 0 Å². The zero-order valence-corrected chi connectivity index (χ0v) is 21.5. The number of aromatic nitrogens is 1. The van der Waals surface area contributed by atoms with E-state index in [1.54, 1.807) is 39.3 Å². The third kappa shape index (κ3) is 6.07. The first kappa shape index (κ1) is 27.6. The summed E-state index contributed by atoms with van der Waals surface area (Å²) < 4.78 is 20.8. The minimum Gasteiger partial charge on any atom is -0.497 e. The number of Topliss-reactive ketones (excluding diaryl/α,β-unsaturated/α-hetero) is 2. The van der Waals surface area contributed by atoms with Crippen molar-refractivity contribution in [1.82, 2.24) is 4.57 Å². The second-order valence-corrected chi connectivity index (χ2v) is 9.45. The van der Waals surface area contributed by atoms with E-state index in [-0.39, 0.29) is 36.0 Å². The monoisotopic (exact) mass is 480 g/mol. The number of allylic oxidation sites excluding steroid dienone is 1. The SMILES string of the molecule is C#CC(C)(COC(=C)C(C)C)CC(=O)C(=O)c1c(C)c(C(=O)Nc2ccc(F)c(C)c2)n(C)c1C. The van der Waals surface area contributed by atoms with Gasteiger partial charge in [-0.1, -0.05) is 26.3 Å². The van der Waals surface area contributed by atoms with Gasteiger partial charge in [0.05, 0.1) is 16.7 Å². The molecule has 1 amide bonds. The van der Waals surface area contributed by atoms with Gasteiger partial charge in [-0.15, -0.1) is 6.42 Å². The van der Waals surface area contributed by atoms with Gasteiger partial charge in [-0.2, -0.15) is 0 Å². The van der Waals surface area contributed by atoms with E-state index < -0.39 is 22.9 Å². The van der Waals surface area contributed by atoms with Crippen LogP contribution in [-0.4, -0.2) is 28.6 Å². The van der Waals surface area contributed by atoms with Crippen molar-refractivity contribution in [2.45, 2.75) is 48.0 Å². The Labute approximate surface area is 206 Å². The third-order valence-corrected chi connectivity index (χ3v) is 6.16. The van der Waals surface area contributed by atoms with Crippen LogP contribution in [0.3, 0.4) is 0 Å². The van der Waals surface area contributed by atoms with E-state index in [1.165, 1.54) is 18.2 Å². The fourth-order valence-corrected chi connectivity index (χ4v) is 3.68. The third-order valence-electron chi connectivity index (χ3n) is 6.16. The van der Waals surface area contributed by atoms with E-state index in [0.717, 1.165) is 0 Å². The van der Waals surface area contributed by atoms with Gasteiger partial charge in [0.2, 0.25) is 11.6 Å². The molecule has 2 aromatic rings. The number of anilines is 1. The number of nitrogens with one attached hydrogen (secondary N) is 1. The molecule has 0 aliphatic heterocycles. The Kier molecular flexibility index (Phi) is 8.46. The zero-order chi connectivity index (χ0) is 26.7. The Morgan fingerprint density at radius 3 is 2.43 bits per heavy atom. The van der Waals surface area contributed by atoms with Crippen LogP contribution in [0.5, 0.6) is 0 Å². The molecule has 0 fully saturated rings. The first-order chi connectivity index (χ1) is 16.2. The number of nitrogens with zero attached hydrogens (tertiary/aromatic N) is 1. The molecule has 0 aliphatic carbocycles. The van der Waals surface area contributed by atoms with E-state index in [4.69, 9.17) is 11.2 Å². The molecule has 0 saturated heterocycles. The van der Waals surface area contributed by atoms with Crippen molar-refractivity contribution < 1.29 is 23.5 Å². The van der Waals surface area contributed by atoms with Gasteiger partial charge in [-0.05, 0) is 57.0 Å². The maximum Gasteiger partial charge on any atom is 0.272 e. The summed E-state index contributed by atoms with van der Waals surface area (Å²) in [4.78, 5) is 39.2. The molecule has 0 radical (unpaired) electrons. The summed E-state index contributed by atoms with van der Waals surface area (Å²) in [7, 11) is 1.64. The second kappa shape index (κ2) is 10.7. The first-order valence-corrected chi connectivity index (χ1v) is 11.3. The van der Waals surface area contributed by atoms with Crippen molar-refractivity contribution in [2.24, 2.45) is 18.4 Å². The molecule has 1 unspecified atom stereocenters. The summed E-state index contributed by atoms with van der Waals surface area (Å²) in [5.74, 6) is 0.987. The highest BCUT2D eigenvalue weighted by molar-refractivity contribution is 6.44. The van der Waals surface area contributed by atoms with E-state index in [2.05, 4.69) is 17.8 Å². The molecule has 186 valence electrons. The van der Waals surface area contributed by atoms with Gasteiger partial charge in [-0.25, -0.2) is 4.39 Å². The molecule has 1 aromatic heterocycles. The van der Waals surface area contributed by atoms with Gasteiger partial charge in [-0.3, -0.25) is 14.4 Å². The number of carbonyl (C=O) groups excluding carboxylic acids is 3. The van der Waals surface area contributed by atoms with E-state index in [9.17, 15) is 18.8 Å². The Balaban J connectivity index is 2.28. The minimum atomic E-state index is -0.998. The highest BCUT2D eigenvalue weighted by Gasteiger charge is 2.33. The molecule has 1 atom stereocenters. The standard InChI is InChI=1S/C28H33FN2O4/c1-10-28(8,15-35-20(7)16(2)3)14-23(32)26(33)24-18(5)25(31(9)19(24)6)27(34)30-21-11-12-22(29)17(4)13-21/h1,11-13,16H,7,14-15H2,2-6,8-9H3,(H,30,34). The predicted octanol–water partition coefficient (Wildman–Crippen LogP) is 5.31. The number of carbonyl (C=O) groups is 3. The number of rotatable bonds is 10. The number of hydrogen-bond donors (Lipinski definition) is 1. The fraction of sp³-hybridized carbons (Fsp3) is 0.393. The van der Waals surface area contributed by atoms with Gasteiger partial charge in [0.1, 0.15) is 18.1 Å². The van der Waals surface area contributed by atoms with E-state index >= 15 is 0 Å². The predicted molar refractivity (Wildman–Crippen MR) is 135 cm³/mol. The normalized spacial score (nSPS) is 12.6. The van der Waals surface area contributed by atoms with E-state index in [1.807, 2.05) is 13.8 Å². The Hall–Kier alpha value is -3.66. The number of ether oxygens (including phenoxy) is 1. The lowest BCUT2D eigenvalue weighted by Crippen LogP contribution is -2.29. The first-order valence-electron chi connectivity index (χ1n) is 11.3. The molecular weight excluding hydrogens is 447 g/mol. The molecule has 1 aromatic carbocycles. The Morgan fingerprint density at radius 2 is 1.89 bits per heavy atom. The van der Waals surface area contributed by atoms with Crippen LogP contribution in [0.25, 0.3) is 0 Å². The topological polar surface area (TPSA) is 77.4 Å². The molecule has 0 aliphatic rings. The number of hydrogen-bond acceptors (Lipinski definition) is 4. The summed E-state index contributed by atoms with van der Waals surface area (Å²) in [5.41, 5.74) is 1.08. The number of halogens is 1.